The maximum atomic E-state index is 13.9. The molecule has 138 valence electrons. The second kappa shape index (κ2) is 10.2. The lowest BCUT2D eigenvalue weighted by Crippen LogP contribution is -2.38. The molecule has 1 aromatic heterocycles. The zero-order valence-electron chi connectivity index (χ0n) is 14.8. The summed E-state index contributed by atoms with van der Waals surface area (Å²) < 4.78 is 20.5. The lowest BCUT2D eigenvalue weighted by atomic mass is 10.1. The van der Waals surface area contributed by atoms with E-state index in [-0.39, 0.29) is 41.6 Å². The van der Waals surface area contributed by atoms with Crippen LogP contribution >= 0.6 is 24.0 Å². The molecule has 2 rings (SSSR count). The van der Waals surface area contributed by atoms with Crippen LogP contribution in [0.3, 0.4) is 0 Å². The summed E-state index contributed by atoms with van der Waals surface area (Å²) >= 11 is 0. The normalized spacial score (nSPS) is 12.3. The van der Waals surface area contributed by atoms with E-state index in [0.29, 0.717) is 19.0 Å². The van der Waals surface area contributed by atoms with Gasteiger partial charge in [-0.15, -0.1) is 24.0 Å². The average Bonchev–Trinajstić information content (AvgIpc) is 2.97. The molecule has 0 saturated heterocycles. The van der Waals surface area contributed by atoms with Crippen LogP contribution in [0.1, 0.15) is 31.3 Å². The highest BCUT2D eigenvalue weighted by molar-refractivity contribution is 14.0. The van der Waals surface area contributed by atoms with Crippen LogP contribution in [0.2, 0.25) is 0 Å². The minimum absolute atomic E-state index is 0. The number of hydrogen-bond acceptors (Lipinski definition) is 4. The summed E-state index contributed by atoms with van der Waals surface area (Å²) in [7, 11) is 3.27. The molecule has 0 amide bonds. The fourth-order valence-electron chi connectivity index (χ4n) is 2.17. The third kappa shape index (κ3) is 5.83. The SMILES string of the molecule is CCNC(=NCc1ncnn1C)NC(C)c1ccc(OC)c(F)c1.I. The molecular weight excluding hydrogens is 438 g/mol. The Morgan fingerprint density at radius 3 is 2.76 bits per heavy atom. The van der Waals surface area contributed by atoms with Crippen molar-refractivity contribution in [3.05, 3.63) is 41.7 Å². The number of nitrogens with one attached hydrogen (secondary N) is 2. The number of ether oxygens (including phenoxy) is 1. The van der Waals surface area contributed by atoms with Crippen LogP contribution in [0.25, 0.3) is 0 Å². The third-order valence-electron chi connectivity index (χ3n) is 3.56. The summed E-state index contributed by atoms with van der Waals surface area (Å²) in [4.78, 5) is 8.63. The minimum atomic E-state index is -0.385. The Labute approximate surface area is 164 Å². The minimum Gasteiger partial charge on any atom is -0.494 e. The quantitative estimate of drug-likeness (QED) is 0.392. The number of nitrogens with zero attached hydrogens (tertiary/aromatic N) is 4. The van der Waals surface area contributed by atoms with E-state index < -0.39 is 0 Å². The van der Waals surface area contributed by atoms with Gasteiger partial charge in [0.15, 0.2) is 17.5 Å². The molecule has 0 radical (unpaired) electrons. The molecule has 1 aromatic carbocycles. The summed E-state index contributed by atoms with van der Waals surface area (Å²) in [5.74, 6) is 1.23. The van der Waals surface area contributed by atoms with Gasteiger partial charge in [-0.05, 0) is 31.5 Å². The van der Waals surface area contributed by atoms with Crippen molar-refractivity contribution >= 4 is 29.9 Å². The highest BCUT2D eigenvalue weighted by Gasteiger charge is 2.11. The first kappa shape index (κ1) is 21.1. The molecule has 7 nitrogen and oxygen atoms in total. The van der Waals surface area contributed by atoms with Crippen molar-refractivity contribution in [1.82, 2.24) is 25.4 Å². The maximum absolute atomic E-state index is 13.9. The van der Waals surface area contributed by atoms with Gasteiger partial charge in [-0.2, -0.15) is 5.10 Å². The Kier molecular flexibility index (Phi) is 8.59. The first-order valence-corrected chi connectivity index (χ1v) is 7.76. The largest absolute Gasteiger partial charge is 0.494 e. The van der Waals surface area contributed by atoms with Gasteiger partial charge in [-0.3, -0.25) is 4.68 Å². The molecule has 0 aliphatic heterocycles. The Hall–Kier alpha value is -1.91. The molecule has 2 N–H and O–H groups in total. The molecule has 1 heterocycles. The number of rotatable bonds is 6. The van der Waals surface area contributed by atoms with Crippen molar-refractivity contribution in [1.29, 1.82) is 0 Å². The third-order valence-corrected chi connectivity index (χ3v) is 3.56. The monoisotopic (exact) mass is 462 g/mol. The Bertz CT molecular complexity index is 706. The highest BCUT2D eigenvalue weighted by Crippen LogP contribution is 2.21. The zero-order valence-corrected chi connectivity index (χ0v) is 17.1. The van der Waals surface area contributed by atoms with Crippen molar-refractivity contribution < 1.29 is 9.13 Å². The highest BCUT2D eigenvalue weighted by atomic mass is 127. The van der Waals surface area contributed by atoms with Crippen molar-refractivity contribution in [3.63, 3.8) is 0 Å². The van der Waals surface area contributed by atoms with E-state index >= 15 is 0 Å². The number of aromatic nitrogens is 3. The summed E-state index contributed by atoms with van der Waals surface area (Å²) in [5, 5.41) is 10.4. The van der Waals surface area contributed by atoms with Crippen molar-refractivity contribution in [2.45, 2.75) is 26.4 Å². The van der Waals surface area contributed by atoms with E-state index in [0.717, 1.165) is 11.4 Å². The molecule has 25 heavy (non-hydrogen) atoms. The first-order valence-electron chi connectivity index (χ1n) is 7.76. The van der Waals surface area contributed by atoms with E-state index in [1.165, 1.54) is 19.5 Å². The van der Waals surface area contributed by atoms with E-state index in [1.54, 1.807) is 10.7 Å². The maximum Gasteiger partial charge on any atom is 0.192 e. The summed E-state index contributed by atoms with van der Waals surface area (Å²) in [6, 6.07) is 4.78. The molecule has 0 aliphatic rings. The van der Waals surface area contributed by atoms with Crippen molar-refractivity contribution in [2.24, 2.45) is 12.0 Å². The van der Waals surface area contributed by atoms with Gasteiger partial charge in [0, 0.05) is 13.6 Å². The number of benzene rings is 1. The van der Waals surface area contributed by atoms with Crippen LogP contribution in [0.5, 0.6) is 5.75 Å². The number of aliphatic imine (C=N–C) groups is 1. The smallest absolute Gasteiger partial charge is 0.192 e. The van der Waals surface area contributed by atoms with E-state index in [9.17, 15) is 4.39 Å². The lowest BCUT2D eigenvalue weighted by Gasteiger charge is -2.18. The summed E-state index contributed by atoms with van der Waals surface area (Å²) in [6.45, 7) is 5.04. The van der Waals surface area contributed by atoms with Crippen LogP contribution in [0, 0.1) is 5.82 Å². The van der Waals surface area contributed by atoms with Gasteiger partial charge in [0.05, 0.1) is 13.2 Å². The van der Waals surface area contributed by atoms with Crippen molar-refractivity contribution in [3.8, 4) is 5.75 Å². The predicted molar refractivity (Wildman–Crippen MR) is 106 cm³/mol. The standard InChI is InChI=1S/C16H23FN6O.HI/c1-5-18-16(19-9-15-20-10-21-23(15)3)22-11(2)12-6-7-14(24-4)13(17)8-12;/h6-8,10-11H,5,9H2,1-4H3,(H2,18,19,22);1H. The predicted octanol–water partition coefficient (Wildman–Crippen LogP) is 2.40. The van der Waals surface area contributed by atoms with Gasteiger partial charge in [0.1, 0.15) is 18.7 Å². The number of methoxy groups -OCH3 is 1. The molecule has 0 bridgehead atoms. The fourth-order valence-corrected chi connectivity index (χ4v) is 2.17. The molecule has 0 fully saturated rings. The van der Waals surface area contributed by atoms with Gasteiger partial charge in [-0.25, -0.2) is 14.4 Å². The van der Waals surface area contributed by atoms with Gasteiger partial charge >= 0.3 is 0 Å². The summed E-state index contributed by atoms with van der Waals surface area (Å²) in [5.41, 5.74) is 0.803. The van der Waals surface area contributed by atoms with Gasteiger partial charge in [0.25, 0.3) is 0 Å². The second-order valence-electron chi connectivity index (χ2n) is 5.26. The Balaban J connectivity index is 0.00000312. The zero-order chi connectivity index (χ0) is 17.5. The topological polar surface area (TPSA) is 76.4 Å². The molecule has 9 heteroatoms. The van der Waals surface area contributed by atoms with Crippen molar-refractivity contribution in [2.75, 3.05) is 13.7 Å². The van der Waals surface area contributed by atoms with Crippen LogP contribution < -0.4 is 15.4 Å². The fraction of sp³-hybridized carbons (Fsp3) is 0.438. The molecule has 1 atom stereocenters. The van der Waals surface area contributed by atoms with Crippen LogP contribution in [-0.4, -0.2) is 34.4 Å². The van der Waals surface area contributed by atoms with Crippen LogP contribution in [0.15, 0.2) is 29.5 Å². The summed E-state index contributed by atoms with van der Waals surface area (Å²) in [6.07, 6.45) is 1.49. The Morgan fingerprint density at radius 1 is 1.44 bits per heavy atom. The van der Waals surface area contributed by atoms with E-state index in [2.05, 4.69) is 25.7 Å². The first-order chi connectivity index (χ1) is 11.5. The number of guanidine groups is 1. The molecular formula is C16H24FIN6O. The van der Waals surface area contributed by atoms with Crippen LogP contribution in [-0.2, 0) is 13.6 Å². The lowest BCUT2D eigenvalue weighted by molar-refractivity contribution is 0.386. The van der Waals surface area contributed by atoms with Gasteiger partial charge in [0.2, 0.25) is 0 Å². The van der Waals surface area contributed by atoms with E-state index in [4.69, 9.17) is 4.74 Å². The number of hydrogen-bond donors (Lipinski definition) is 2. The molecule has 2 aromatic rings. The average molecular weight is 462 g/mol. The van der Waals surface area contributed by atoms with Crippen LogP contribution in [0.4, 0.5) is 4.39 Å². The van der Waals surface area contributed by atoms with Gasteiger partial charge < -0.3 is 15.4 Å². The molecule has 1 unspecified atom stereocenters. The molecule has 0 aliphatic carbocycles. The molecule has 0 spiro atoms. The molecule has 0 saturated carbocycles. The van der Waals surface area contributed by atoms with E-state index in [1.807, 2.05) is 27.0 Å². The number of halogens is 2. The Morgan fingerprint density at radius 2 is 2.20 bits per heavy atom. The second-order valence-corrected chi connectivity index (χ2v) is 5.26. The number of aryl methyl sites for hydroxylation is 1. The van der Waals surface area contributed by atoms with Gasteiger partial charge in [-0.1, -0.05) is 6.07 Å².